The van der Waals surface area contributed by atoms with Gasteiger partial charge < -0.3 is 8.85 Å². The van der Waals surface area contributed by atoms with E-state index in [1.807, 2.05) is 6.08 Å². The van der Waals surface area contributed by atoms with Gasteiger partial charge in [0.05, 0.1) is 0 Å². The van der Waals surface area contributed by atoms with Gasteiger partial charge in [-0.05, 0) is 30.1 Å². The predicted molar refractivity (Wildman–Crippen MR) is 123 cm³/mol. The summed E-state index contributed by atoms with van der Waals surface area (Å²) < 4.78 is 13.4. The molecule has 0 N–H and O–H groups in total. The van der Waals surface area contributed by atoms with Crippen LogP contribution in [-0.2, 0) is 8.85 Å². The van der Waals surface area contributed by atoms with Crippen LogP contribution in [-0.4, -0.2) is 21.3 Å². The topological polar surface area (TPSA) is 18.5 Å². The maximum absolute atomic E-state index is 6.74. The number of rotatable bonds is 14. The smallest absolute Gasteiger partial charge is 0.388 e. The van der Waals surface area contributed by atoms with E-state index in [0.29, 0.717) is 0 Å². The van der Waals surface area contributed by atoms with Gasteiger partial charge in [-0.3, -0.25) is 0 Å². The molecule has 0 aliphatic carbocycles. The minimum absolute atomic E-state index is 0.0640. The maximum Gasteiger partial charge on any atom is 0.407 e. The van der Waals surface area contributed by atoms with Gasteiger partial charge >= 0.3 is 8.56 Å². The molecule has 2 aromatic rings. The molecule has 0 amide bonds. The molecule has 1 unspecified atom stereocenters. The first-order valence-corrected chi connectivity index (χ1v) is 12.6. The molecule has 152 valence electrons. The lowest BCUT2D eigenvalue weighted by molar-refractivity contribution is 0.141. The van der Waals surface area contributed by atoms with Crippen molar-refractivity contribution in [3.05, 3.63) is 73.3 Å². The third kappa shape index (κ3) is 6.73. The Kier molecular flexibility index (Phi) is 10.3. The first-order chi connectivity index (χ1) is 13.7. The van der Waals surface area contributed by atoms with Crippen molar-refractivity contribution in [2.24, 2.45) is 0 Å². The van der Waals surface area contributed by atoms with E-state index in [0.717, 1.165) is 19.4 Å². The highest BCUT2D eigenvalue weighted by Crippen LogP contribution is 2.16. The summed E-state index contributed by atoms with van der Waals surface area (Å²) in [5.74, 6) is 0. The Morgan fingerprint density at radius 1 is 0.857 bits per heavy atom. The van der Waals surface area contributed by atoms with E-state index in [-0.39, 0.29) is 6.10 Å². The van der Waals surface area contributed by atoms with Gasteiger partial charge in [0.1, 0.15) is 0 Å². The van der Waals surface area contributed by atoms with E-state index in [1.54, 1.807) is 0 Å². The SMILES string of the molecule is C=CCC(C)O[Si](OCCCCCCCC)(c1ccccc1)c1ccccc1. The zero-order valence-corrected chi connectivity index (χ0v) is 18.6. The molecular formula is C25H36O2Si. The van der Waals surface area contributed by atoms with Gasteiger partial charge in [-0.2, -0.15) is 0 Å². The standard InChI is InChI=1S/C25H36O2Si/c1-4-6-7-8-9-16-22-26-28(27-23(3)17-5-2,24-18-12-10-13-19-24)25-20-14-11-15-21-25/h5,10-15,18-21,23H,2,4,6-9,16-17,22H2,1,3H3. The van der Waals surface area contributed by atoms with Crippen LogP contribution >= 0.6 is 0 Å². The molecule has 0 heterocycles. The number of unbranched alkanes of at least 4 members (excludes halogenated alkanes) is 5. The molecule has 0 saturated heterocycles. The molecule has 0 radical (unpaired) electrons. The molecule has 3 heteroatoms. The zero-order chi connectivity index (χ0) is 20.1. The van der Waals surface area contributed by atoms with Gasteiger partial charge in [-0.15, -0.1) is 6.58 Å². The second kappa shape index (κ2) is 12.7. The van der Waals surface area contributed by atoms with Crippen LogP contribution in [0.1, 0.15) is 58.8 Å². The summed E-state index contributed by atoms with van der Waals surface area (Å²) >= 11 is 0. The summed E-state index contributed by atoms with van der Waals surface area (Å²) in [6.45, 7) is 8.99. The fraction of sp³-hybridized carbons (Fsp3) is 0.440. The average Bonchev–Trinajstić information content (AvgIpc) is 2.73. The van der Waals surface area contributed by atoms with E-state index in [2.05, 4.69) is 81.1 Å². The second-order valence-corrected chi connectivity index (χ2v) is 10.3. The van der Waals surface area contributed by atoms with Crippen LogP contribution in [0.15, 0.2) is 73.3 Å². The fourth-order valence-electron chi connectivity index (χ4n) is 3.48. The zero-order valence-electron chi connectivity index (χ0n) is 17.6. The molecule has 1 atom stereocenters. The summed E-state index contributed by atoms with van der Waals surface area (Å²) in [5, 5.41) is 2.34. The van der Waals surface area contributed by atoms with Gasteiger partial charge in [0.15, 0.2) is 0 Å². The van der Waals surface area contributed by atoms with Crippen molar-refractivity contribution < 1.29 is 8.85 Å². The normalized spacial score (nSPS) is 12.6. The van der Waals surface area contributed by atoms with E-state index in [9.17, 15) is 0 Å². The largest absolute Gasteiger partial charge is 0.407 e. The first-order valence-electron chi connectivity index (χ1n) is 10.8. The summed E-state index contributed by atoms with van der Waals surface area (Å²) in [4.78, 5) is 0. The molecular weight excluding hydrogens is 360 g/mol. The second-order valence-electron chi connectivity index (χ2n) is 7.42. The molecule has 2 aromatic carbocycles. The van der Waals surface area contributed by atoms with Crippen molar-refractivity contribution in [2.45, 2.75) is 64.9 Å². The van der Waals surface area contributed by atoms with E-state index >= 15 is 0 Å². The molecule has 0 aromatic heterocycles. The molecule has 0 aliphatic rings. The first kappa shape index (κ1) is 22.6. The van der Waals surface area contributed by atoms with E-state index in [1.165, 1.54) is 42.5 Å². The fourth-order valence-corrected chi connectivity index (χ4v) is 6.85. The van der Waals surface area contributed by atoms with Gasteiger partial charge in [0, 0.05) is 12.7 Å². The Bertz CT molecular complexity index is 617. The number of benzene rings is 2. The average molecular weight is 397 g/mol. The van der Waals surface area contributed by atoms with Crippen molar-refractivity contribution in [3.63, 3.8) is 0 Å². The van der Waals surface area contributed by atoms with Crippen LogP contribution < -0.4 is 10.4 Å². The lowest BCUT2D eigenvalue weighted by Gasteiger charge is -2.34. The summed E-state index contributed by atoms with van der Waals surface area (Å²) in [7, 11) is -2.77. The Labute approximate surface area is 172 Å². The molecule has 0 spiro atoms. The van der Waals surface area contributed by atoms with Crippen LogP contribution in [0.2, 0.25) is 0 Å². The minimum Gasteiger partial charge on any atom is -0.388 e. The number of hydrogen-bond donors (Lipinski definition) is 0. The van der Waals surface area contributed by atoms with Crippen LogP contribution in [0.4, 0.5) is 0 Å². The molecule has 0 bridgehead atoms. The van der Waals surface area contributed by atoms with Crippen molar-refractivity contribution in [3.8, 4) is 0 Å². The van der Waals surface area contributed by atoms with Crippen molar-refractivity contribution >= 4 is 18.9 Å². The Morgan fingerprint density at radius 2 is 1.39 bits per heavy atom. The van der Waals surface area contributed by atoms with Crippen molar-refractivity contribution in [2.75, 3.05) is 6.61 Å². The molecule has 2 rings (SSSR count). The third-order valence-electron chi connectivity index (χ3n) is 4.98. The summed E-state index contributed by atoms with van der Waals surface area (Å²) in [6.07, 6.45) is 10.3. The number of hydrogen-bond acceptors (Lipinski definition) is 2. The molecule has 28 heavy (non-hydrogen) atoms. The van der Waals surface area contributed by atoms with E-state index in [4.69, 9.17) is 8.85 Å². The highest BCUT2D eigenvalue weighted by Gasteiger charge is 2.43. The van der Waals surface area contributed by atoms with E-state index < -0.39 is 8.56 Å². The van der Waals surface area contributed by atoms with Crippen molar-refractivity contribution in [1.82, 2.24) is 0 Å². The van der Waals surface area contributed by atoms with Gasteiger partial charge in [0.25, 0.3) is 0 Å². The van der Waals surface area contributed by atoms with Gasteiger partial charge in [-0.1, -0.05) is 106 Å². The quantitative estimate of drug-likeness (QED) is 0.235. The summed E-state index contributed by atoms with van der Waals surface area (Å²) in [6, 6.07) is 21.0. The van der Waals surface area contributed by atoms with Crippen LogP contribution in [0, 0.1) is 0 Å². The molecule has 0 fully saturated rings. The van der Waals surface area contributed by atoms with Crippen molar-refractivity contribution in [1.29, 1.82) is 0 Å². The lowest BCUT2D eigenvalue weighted by atomic mass is 10.1. The molecule has 2 nitrogen and oxygen atoms in total. The monoisotopic (exact) mass is 396 g/mol. The van der Waals surface area contributed by atoms with Gasteiger partial charge in [-0.25, -0.2) is 0 Å². The Balaban J connectivity index is 2.22. The molecule has 0 aliphatic heterocycles. The van der Waals surface area contributed by atoms with Crippen LogP contribution in [0.3, 0.4) is 0 Å². The van der Waals surface area contributed by atoms with Crippen LogP contribution in [0.5, 0.6) is 0 Å². The lowest BCUT2D eigenvalue weighted by Crippen LogP contribution is -2.64. The molecule has 0 saturated carbocycles. The highest BCUT2D eigenvalue weighted by atomic mass is 28.4. The predicted octanol–water partition coefficient (Wildman–Crippen LogP) is 5.60. The minimum atomic E-state index is -2.77. The Morgan fingerprint density at radius 3 is 1.93 bits per heavy atom. The Hall–Kier alpha value is -1.68. The maximum atomic E-state index is 6.74. The third-order valence-corrected chi connectivity index (χ3v) is 8.51. The van der Waals surface area contributed by atoms with Crippen LogP contribution in [0.25, 0.3) is 0 Å². The van der Waals surface area contributed by atoms with Gasteiger partial charge in [0.2, 0.25) is 0 Å². The highest BCUT2D eigenvalue weighted by molar-refractivity contribution is 6.92. The summed E-state index contributed by atoms with van der Waals surface area (Å²) in [5.41, 5.74) is 0.